The number of carbonyl (C=O) groups is 2. The highest BCUT2D eigenvalue weighted by Crippen LogP contribution is 2.31. The molecule has 0 N–H and O–H groups in total. The SMILES string of the molecule is CCOC(=O)c1cccc(S(=O)(=O)Oc2ccc(/C=C/C(=O)OC)cc2OC)c1. The van der Waals surface area contributed by atoms with Crippen LogP contribution >= 0.6 is 0 Å². The van der Waals surface area contributed by atoms with Crippen LogP contribution in [0, 0.1) is 0 Å². The van der Waals surface area contributed by atoms with Crippen LogP contribution in [-0.4, -0.2) is 41.2 Å². The van der Waals surface area contributed by atoms with E-state index in [4.69, 9.17) is 13.7 Å². The number of rotatable bonds is 8. The van der Waals surface area contributed by atoms with Crippen molar-refractivity contribution in [3.05, 3.63) is 59.7 Å². The van der Waals surface area contributed by atoms with E-state index < -0.39 is 22.1 Å². The molecule has 0 unspecified atom stereocenters. The first-order valence-corrected chi connectivity index (χ1v) is 9.87. The van der Waals surface area contributed by atoms with E-state index in [2.05, 4.69) is 4.74 Å². The molecule has 0 atom stereocenters. The van der Waals surface area contributed by atoms with Crippen molar-refractivity contribution in [1.29, 1.82) is 0 Å². The molecule has 0 aliphatic rings. The van der Waals surface area contributed by atoms with Gasteiger partial charge in [-0.25, -0.2) is 9.59 Å². The second kappa shape index (κ2) is 9.74. The first-order chi connectivity index (χ1) is 13.8. The molecule has 0 aliphatic heterocycles. The molecular weight excluding hydrogens is 400 g/mol. The molecular formula is C20H20O8S. The number of ether oxygens (including phenoxy) is 3. The number of benzene rings is 2. The summed E-state index contributed by atoms with van der Waals surface area (Å²) < 4.78 is 45.0. The Morgan fingerprint density at radius 2 is 1.79 bits per heavy atom. The molecule has 0 amide bonds. The van der Waals surface area contributed by atoms with Crippen molar-refractivity contribution in [3.8, 4) is 11.5 Å². The highest BCUT2D eigenvalue weighted by atomic mass is 32.2. The minimum absolute atomic E-state index is 0.0516. The van der Waals surface area contributed by atoms with Crippen LogP contribution in [0.1, 0.15) is 22.8 Å². The van der Waals surface area contributed by atoms with Gasteiger partial charge in [-0.15, -0.1) is 0 Å². The van der Waals surface area contributed by atoms with Gasteiger partial charge in [0, 0.05) is 6.08 Å². The van der Waals surface area contributed by atoms with Gasteiger partial charge in [0.2, 0.25) is 0 Å². The van der Waals surface area contributed by atoms with Crippen LogP contribution in [0.5, 0.6) is 11.5 Å². The van der Waals surface area contributed by atoms with Crippen LogP contribution in [0.3, 0.4) is 0 Å². The highest BCUT2D eigenvalue weighted by Gasteiger charge is 2.21. The second-order valence-corrected chi connectivity index (χ2v) is 7.10. The van der Waals surface area contributed by atoms with Gasteiger partial charge in [-0.1, -0.05) is 12.1 Å². The lowest BCUT2D eigenvalue weighted by molar-refractivity contribution is -0.134. The maximum Gasteiger partial charge on any atom is 0.339 e. The molecule has 0 saturated heterocycles. The average Bonchev–Trinajstić information content (AvgIpc) is 2.72. The summed E-state index contributed by atoms with van der Waals surface area (Å²) in [5.74, 6) is -1.08. The monoisotopic (exact) mass is 420 g/mol. The van der Waals surface area contributed by atoms with E-state index in [0.29, 0.717) is 5.56 Å². The van der Waals surface area contributed by atoms with E-state index in [1.54, 1.807) is 13.0 Å². The van der Waals surface area contributed by atoms with Crippen molar-refractivity contribution >= 4 is 28.1 Å². The molecule has 8 nitrogen and oxygen atoms in total. The maximum atomic E-state index is 12.6. The van der Waals surface area contributed by atoms with Crippen molar-refractivity contribution in [1.82, 2.24) is 0 Å². The Morgan fingerprint density at radius 1 is 1.03 bits per heavy atom. The van der Waals surface area contributed by atoms with Crippen LogP contribution in [0.4, 0.5) is 0 Å². The zero-order valence-electron chi connectivity index (χ0n) is 16.1. The fourth-order valence-electron chi connectivity index (χ4n) is 2.25. The summed E-state index contributed by atoms with van der Waals surface area (Å²) >= 11 is 0. The molecule has 0 radical (unpaired) electrons. The Bertz CT molecular complexity index is 1020. The van der Waals surface area contributed by atoms with Crippen LogP contribution in [0.25, 0.3) is 6.08 Å². The second-order valence-electron chi connectivity index (χ2n) is 5.55. The van der Waals surface area contributed by atoms with Gasteiger partial charge in [0.1, 0.15) is 4.90 Å². The van der Waals surface area contributed by atoms with Gasteiger partial charge in [0.05, 0.1) is 26.4 Å². The number of methoxy groups -OCH3 is 2. The van der Waals surface area contributed by atoms with Crippen molar-refractivity contribution in [2.45, 2.75) is 11.8 Å². The lowest BCUT2D eigenvalue weighted by Crippen LogP contribution is -2.12. The normalized spacial score (nSPS) is 11.1. The molecule has 0 aliphatic carbocycles. The molecule has 2 rings (SSSR count). The van der Waals surface area contributed by atoms with Crippen LogP contribution in [0.15, 0.2) is 53.4 Å². The zero-order chi connectivity index (χ0) is 21.4. The zero-order valence-corrected chi connectivity index (χ0v) is 16.9. The molecule has 2 aromatic rings. The summed E-state index contributed by atoms with van der Waals surface area (Å²) in [6.07, 6.45) is 2.70. The largest absolute Gasteiger partial charge is 0.493 e. The fraction of sp³-hybridized carbons (Fsp3) is 0.200. The molecule has 0 saturated carbocycles. The molecule has 0 spiro atoms. The van der Waals surface area contributed by atoms with Crippen LogP contribution in [-0.2, 0) is 24.4 Å². The lowest BCUT2D eigenvalue weighted by atomic mass is 10.2. The Morgan fingerprint density at radius 3 is 2.45 bits per heavy atom. The molecule has 0 bridgehead atoms. The third-order valence-corrected chi connectivity index (χ3v) is 4.86. The minimum Gasteiger partial charge on any atom is -0.493 e. The van der Waals surface area contributed by atoms with Crippen LogP contribution < -0.4 is 8.92 Å². The molecule has 0 aromatic heterocycles. The number of carbonyl (C=O) groups excluding carboxylic acids is 2. The standard InChI is InChI=1S/C20H20O8S/c1-4-27-20(22)15-6-5-7-16(13-15)29(23,24)28-17-10-8-14(12-18(17)25-2)9-11-19(21)26-3/h5-13H,4H2,1-3H3/b11-9+. The number of hydrogen-bond acceptors (Lipinski definition) is 8. The number of hydrogen-bond donors (Lipinski definition) is 0. The van der Waals surface area contributed by atoms with E-state index in [9.17, 15) is 18.0 Å². The summed E-state index contributed by atoms with van der Waals surface area (Å²) in [6.45, 7) is 1.82. The maximum absolute atomic E-state index is 12.6. The predicted molar refractivity (Wildman–Crippen MR) is 104 cm³/mol. The first-order valence-electron chi connectivity index (χ1n) is 8.46. The molecule has 0 heterocycles. The van der Waals surface area contributed by atoms with E-state index in [0.717, 1.165) is 0 Å². The molecule has 9 heteroatoms. The van der Waals surface area contributed by atoms with Crippen molar-refractivity contribution in [3.63, 3.8) is 0 Å². The summed E-state index contributed by atoms with van der Waals surface area (Å²) in [7, 11) is -1.63. The molecule has 154 valence electrons. The summed E-state index contributed by atoms with van der Waals surface area (Å²) in [5.41, 5.74) is 0.660. The van der Waals surface area contributed by atoms with Crippen molar-refractivity contribution in [2.75, 3.05) is 20.8 Å². The first kappa shape index (κ1) is 22.0. The average molecular weight is 420 g/mol. The van der Waals surface area contributed by atoms with Crippen LogP contribution in [0.2, 0.25) is 0 Å². The van der Waals surface area contributed by atoms with Crippen molar-refractivity contribution < 1.29 is 36.4 Å². The van der Waals surface area contributed by atoms with Gasteiger partial charge >= 0.3 is 22.1 Å². The summed E-state index contributed by atoms with van der Waals surface area (Å²) in [4.78, 5) is 22.8. The third-order valence-electron chi connectivity index (χ3n) is 3.63. The van der Waals surface area contributed by atoms with Crippen molar-refractivity contribution in [2.24, 2.45) is 0 Å². The molecule has 29 heavy (non-hydrogen) atoms. The fourth-order valence-corrected chi connectivity index (χ4v) is 3.24. The summed E-state index contributed by atoms with van der Waals surface area (Å²) in [5, 5.41) is 0. The molecule has 2 aromatic carbocycles. The highest BCUT2D eigenvalue weighted by molar-refractivity contribution is 7.87. The lowest BCUT2D eigenvalue weighted by Gasteiger charge is -2.12. The topological polar surface area (TPSA) is 105 Å². The van der Waals surface area contributed by atoms with Gasteiger partial charge in [-0.05, 0) is 48.9 Å². The van der Waals surface area contributed by atoms with Gasteiger partial charge in [-0.3, -0.25) is 0 Å². The van der Waals surface area contributed by atoms with Gasteiger partial charge in [0.25, 0.3) is 0 Å². The quantitative estimate of drug-likeness (QED) is 0.365. The summed E-state index contributed by atoms with van der Waals surface area (Å²) in [6, 6.07) is 9.77. The van der Waals surface area contributed by atoms with Gasteiger partial charge in [0.15, 0.2) is 11.5 Å². The number of esters is 2. The van der Waals surface area contributed by atoms with E-state index >= 15 is 0 Å². The van der Waals surface area contributed by atoms with E-state index in [1.165, 1.54) is 62.8 Å². The smallest absolute Gasteiger partial charge is 0.339 e. The Kier molecular flexibility index (Phi) is 7.38. The Hall–Kier alpha value is -3.33. The Labute approximate surface area is 168 Å². The molecule has 0 fully saturated rings. The Balaban J connectivity index is 2.30. The van der Waals surface area contributed by atoms with E-state index in [1.807, 2.05) is 0 Å². The third kappa shape index (κ3) is 5.82. The predicted octanol–water partition coefficient (Wildman–Crippen LogP) is 2.83. The van der Waals surface area contributed by atoms with Gasteiger partial charge in [-0.2, -0.15) is 8.42 Å². The van der Waals surface area contributed by atoms with E-state index in [-0.39, 0.29) is 28.6 Å². The van der Waals surface area contributed by atoms with Gasteiger partial charge < -0.3 is 18.4 Å². The minimum atomic E-state index is -4.24.